The third-order valence-corrected chi connectivity index (χ3v) is 4.67. The standard InChI is InChI=1S/C16H21N3OS/c1-2-3-15-18-19-16(21-15)20-14-6-4-12(5-7-14)13-8-10-17-11-9-13/h4-7,13,17H,2-3,8-11H2,1H3. The number of hydrogen-bond acceptors (Lipinski definition) is 5. The summed E-state index contributed by atoms with van der Waals surface area (Å²) in [4.78, 5) is 0. The molecule has 3 rings (SSSR count). The smallest absolute Gasteiger partial charge is 0.299 e. The van der Waals surface area contributed by atoms with Gasteiger partial charge >= 0.3 is 0 Å². The minimum Gasteiger partial charge on any atom is -0.430 e. The summed E-state index contributed by atoms with van der Waals surface area (Å²) in [5.74, 6) is 1.52. The molecule has 0 unspecified atom stereocenters. The Balaban J connectivity index is 1.63. The second-order valence-corrected chi connectivity index (χ2v) is 6.43. The molecule has 21 heavy (non-hydrogen) atoms. The lowest BCUT2D eigenvalue weighted by atomic mass is 9.90. The Morgan fingerprint density at radius 3 is 2.67 bits per heavy atom. The first-order valence-corrected chi connectivity index (χ1v) is 8.47. The van der Waals surface area contributed by atoms with Gasteiger partial charge in [0.2, 0.25) is 0 Å². The van der Waals surface area contributed by atoms with Crippen LogP contribution < -0.4 is 10.1 Å². The van der Waals surface area contributed by atoms with Crippen LogP contribution in [0.5, 0.6) is 10.9 Å². The van der Waals surface area contributed by atoms with E-state index in [1.165, 1.54) is 29.7 Å². The number of hydrogen-bond donors (Lipinski definition) is 1. The van der Waals surface area contributed by atoms with Gasteiger partial charge in [0.05, 0.1) is 0 Å². The Hall–Kier alpha value is -1.46. The second kappa shape index (κ2) is 7.00. The Labute approximate surface area is 129 Å². The van der Waals surface area contributed by atoms with Crippen molar-refractivity contribution in [3.05, 3.63) is 34.8 Å². The summed E-state index contributed by atoms with van der Waals surface area (Å²) in [5.41, 5.74) is 1.41. The normalized spacial score (nSPS) is 16.0. The van der Waals surface area contributed by atoms with E-state index in [9.17, 15) is 0 Å². The quantitative estimate of drug-likeness (QED) is 0.914. The van der Waals surface area contributed by atoms with Gasteiger partial charge in [-0.2, -0.15) is 0 Å². The van der Waals surface area contributed by atoms with Crippen LogP contribution in [0.1, 0.15) is 42.7 Å². The second-order valence-electron chi connectivity index (χ2n) is 5.41. The number of rotatable bonds is 5. The van der Waals surface area contributed by atoms with Crippen LogP contribution >= 0.6 is 11.3 Å². The highest BCUT2D eigenvalue weighted by Crippen LogP contribution is 2.29. The minimum absolute atomic E-state index is 0.632. The van der Waals surface area contributed by atoms with Gasteiger partial charge in [0.25, 0.3) is 5.19 Å². The minimum atomic E-state index is 0.632. The van der Waals surface area contributed by atoms with Crippen LogP contribution in [0.3, 0.4) is 0 Å². The molecule has 1 aliphatic rings. The van der Waals surface area contributed by atoms with Crippen LogP contribution in [0.2, 0.25) is 0 Å². The first kappa shape index (κ1) is 14.5. The molecule has 0 amide bonds. The lowest BCUT2D eigenvalue weighted by Gasteiger charge is -2.22. The summed E-state index contributed by atoms with van der Waals surface area (Å²) in [7, 11) is 0. The molecule has 1 fully saturated rings. The molecule has 0 radical (unpaired) electrons. The Morgan fingerprint density at radius 1 is 1.19 bits per heavy atom. The van der Waals surface area contributed by atoms with Gasteiger partial charge in [0, 0.05) is 6.42 Å². The predicted octanol–water partition coefficient (Wildman–Crippen LogP) is 3.75. The van der Waals surface area contributed by atoms with Gasteiger partial charge in [-0.3, -0.25) is 0 Å². The van der Waals surface area contributed by atoms with Crippen molar-refractivity contribution in [1.29, 1.82) is 0 Å². The fourth-order valence-corrected chi connectivity index (χ4v) is 3.47. The van der Waals surface area contributed by atoms with E-state index in [-0.39, 0.29) is 0 Å². The number of aromatic nitrogens is 2. The van der Waals surface area contributed by atoms with Gasteiger partial charge < -0.3 is 10.1 Å². The van der Waals surface area contributed by atoms with Crippen LogP contribution in [0, 0.1) is 0 Å². The largest absolute Gasteiger partial charge is 0.430 e. The number of benzene rings is 1. The maximum atomic E-state index is 5.78. The Kier molecular flexibility index (Phi) is 4.83. The lowest BCUT2D eigenvalue weighted by molar-refractivity contribution is 0.457. The molecule has 0 atom stereocenters. The van der Waals surface area contributed by atoms with Crippen molar-refractivity contribution in [3.8, 4) is 10.9 Å². The molecule has 0 saturated carbocycles. The number of aryl methyl sites for hydroxylation is 1. The maximum Gasteiger partial charge on any atom is 0.299 e. The van der Waals surface area contributed by atoms with E-state index in [2.05, 4.69) is 34.6 Å². The van der Waals surface area contributed by atoms with Crippen molar-refractivity contribution in [2.75, 3.05) is 13.1 Å². The molecule has 0 bridgehead atoms. The summed E-state index contributed by atoms with van der Waals surface area (Å²) in [5, 5.41) is 13.3. The van der Waals surface area contributed by atoms with Crippen molar-refractivity contribution >= 4 is 11.3 Å². The highest BCUT2D eigenvalue weighted by atomic mass is 32.1. The van der Waals surface area contributed by atoms with E-state index < -0.39 is 0 Å². The van der Waals surface area contributed by atoms with E-state index in [0.717, 1.165) is 36.7 Å². The molecule has 0 spiro atoms. The van der Waals surface area contributed by atoms with Crippen LogP contribution in [0.4, 0.5) is 0 Å². The first-order chi connectivity index (χ1) is 10.3. The van der Waals surface area contributed by atoms with Crippen molar-refractivity contribution in [2.45, 2.75) is 38.5 Å². The zero-order valence-electron chi connectivity index (χ0n) is 12.3. The molecule has 2 heterocycles. The van der Waals surface area contributed by atoms with Crippen molar-refractivity contribution in [2.24, 2.45) is 0 Å². The van der Waals surface area contributed by atoms with Gasteiger partial charge in [-0.25, -0.2) is 0 Å². The Bertz CT molecular complexity index is 561. The highest BCUT2D eigenvalue weighted by Gasteiger charge is 2.15. The van der Waals surface area contributed by atoms with E-state index >= 15 is 0 Å². The fraction of sp³-hybridized carbons (Fsp3) is 0.500. The molecule has 1 aromatic heterocycles. The molecule has 1 N–H and O–H groups in total. The monoisotopic (exact) mass is 303 g/mol. The van der Waals surface area contributed by atoms with Crippen LogP contribution in [0.15, 0.2) is 24.3 Å². The molecule has 1 aromatic carbocycles. The van der Waals surface area contributed by atoms with E-state index in [1.807, 2.05) is 12.1 Å². The first-order valence-electron chi connectivity index (χ1n) is 7.66. The van der Waals surface area contributed by atoms with Crippen LogP contribution in [-0.2, 0) is 6.42 Å². The lowest BCUT2D eigenvalue weighted by Crippen LogP contribution is -2.26. The fourth-order valence-electron chi connectivity index (χ4n) is 2.66. The average molecular weight is 303 g/mol. The molecule has 1 aliphatic heterocycles. The summed E-state index contributed by atoms with van der Waals surface area (Å²) in [6.07, 6.45) is 4.49. The van der Waals surface area contributed by atoms with E-state index in [1.54, 1.807) is 0 Å². The van der Waals surface area contributed by atoms with Gasteiger partial charge in [-0.05, 0) is 56.0 Å². The van der Waals surface area contributed by atoms with E-state index in [4.69, 9.17) is 4.74 Å². The van der Waals surface area contributed by atoms with Gasteiger partial charge in [0.1, 0.15) is 10.8 Å². The van der Waals surface area contributed by atoms with Crippen LogP contribution in [0.25, 0.3) is 0 Å². The molecule has 112 valence electrons. The molecule has 0 aliphatic carbocycles. The summed E-state index contributed by atoms with van der Waals surface area (Å²) in [6, 6.07) is 8.44. The molecular weight excluding hydrogens is 282 g/mol. The van der Waals surface area contributed by atoms with Crippen LogP contribution in [-0.4, -0.2) is 23.3 Å². The predicted molar refractivity (Wildman–Crippen MR) is 85.3 cm³/mol. The zero-order chi connectivity index (χ0) is 14.5. The number of piperidine rings is 1. The Morgan fingerprint density at radius 2 is 1.95 bits per heavy atom. The molecule has 2 aromatic rings. The van der Waals surface area contributed by atoms with Gasteiger partial charge in [-0.1, -0.05) is 35.5 Å². The average Bonchev–Trinajstić information content (AvgIpc) is 2.97. The zero-order valence-corrected chi connectivity index (χ0v) is 13.2. The van der Waals surface area contributed by atoms with Crippen molar-refractivity contribution in [1.82, 2.24) is 15.5 Å². The van der Waals surface area contributed by atoms with Crippen molar-refractivity contribution in [3.63, 3.8) is 0 Å². The van der Waals surface area contributed by atoms with Gasteiger partial charge in [0.15, 0.2) is 0 Å². The molecule has 1 saturated heterocycles. The van der Waals surface area contributed by atoms with E-state index in [0.29, 0.717) is 11.1 Å². The topological polar surface area (TPSA) is 47.0 Å². The number of nitrogens with one attached hydrogen (secondary N) is 1. The SMILES string of the molecule is CCCc1nnc(Oc2ccc(C3CCNCC3)cc2)s1. The summed E-state index contributed by atoms with van der Waals surface area (Å²) in [6.45, 7) is 4.38. The summed E-state index contributed by atoms with van der Waals surface area (Å²) >= 11 is 1.53. The molecule has 5 heteroatoms. The molecule has 4 nitrogen and oxygen atoms in total. The highest BCUT2D eigenvalue weighted by molar-refractivity contribution is 7.13. The summed E-state index contributed by atoms with van der Waals surface area (Å²) < 4.78 is 5.78. The molecular formula is C16H21N3OS. The van der Waals surface area contributed by atoms with Crippen molar-refractivity contribution < 1.29 is 4.74 Å². The third-order valence-electron chi connectivity index (χ3n) is 3.81. The number of nitrogens with zero attached hydrogens (tertiary/aromatic N) is 2. The maximum absolute atomic E-state index is 5.78. The van der Waals surface area contributed by atoms with Gasteiger partial charge in [-0.15, -0.1) is 5.10 Å². The number of ether oxygens (including phenoxy) is 1. The third kappa shape index (κ3) is 3.80.